The molecule has 1 unspecified atom stereocenters. The minimum atomic E-state index is -0.346. The van der Waals surface area contributed by atoms with E-state index in [2.05, 4.69) is 33.3 Å². The Labute approximate surface area is 249 Å². The number of pyridine rings is 2. The molecule has 1 aliphatic heterocycles. The molecule has 1 saturated heterocycles. The SMILES string of the molecule is Cc1cc(C(C)Nc2ccc(Cl)nc2-c2cnn(C)c2)c2c(c1)c(=O)n(C)c1c2cnn1C1CCN(C[C@@H](C)O)CC1. The van der Waals surface area contributed by atoms with Crippen molar-refractivity contribution in [1.82, 2.24) is 34.0 Å². The lowest BCUT2D eigenvalue weighted by atomic mass is 9.95. The van der Waals surface area contributed by atoms with Gasteiger partial charge in [0.05, 0.1) is 35.9 Å². The van der Waals surface area contributed by atoms with Crippen LogP contribution >= 0.6 is 11.6 Å². The summed E-state index contributed by atoms with van der Waals surface area (Å²) < 4.78 is 5.53. The molecule has 0 spiro atoms. The van der Waals surface area contributed by atoms with Gasteiger partial charge in [-0.2, -0.15) is 10.2 Å². The number of aryl methyl sites for hydroxylation is 3. The Morgan fingerprint density at radius 2 is 1.86 bits per heavy atom. The zero-order valence-electron chi connectivity index (χ0n) is 24.7. The summed E-state index contributed by atoms with van der Waals surface area (Å²) in [6.45, 7) is 8.40. The Morgan fingerprint density at radius 3 is 2.55 bits per heavy atom. The quantitative estimate of drug-likeness (QED) is 0.262. The second-order valence-corrected chi connectivity index (χ2v) is 12.0. The summed E-state index contributed by atoms with van der Waals surface area (Å²) >= 11 is 6.29. The van der Waals surface area contributed by atoms with Gasteiger partial charge in [-0.25, -0.2) is 9.67 Å². The minimum absolute atomic E-state index is 0.0350. The highest BCUT2D eigenvalue weighted by Gasteiger charge is 2.26. The highest BCUT2D eigenvalue weighted by molar-refractivity contribution is 6.29. The lowest BCUT2D eigenvalue weighted by molar-refractivity contribution is 0.100. The molecule has 1 fully saturated rings. The van der Waals surface area contributed by atoms with Crippen LogP contribution in [0.15, 0.2) is 47.7 Å². The summed E-state index contributed by atoms with van der Waals surface area (Å²) in [6, 6.07) is 7.86. The van der Waals surface area contributed by atoms with Crippen molar-refractivity contribution in [3.8, 4) is 11.3 Å². The van der Waals surface area contributed by atoms with E-state index in [1.165, 1.54) is 0 Å². The first-order valence-electron chi connectivity index (χ1n) is 14.4. The van der Waals surface area contributed by atoms with E-state index in [9.17, 15) is 9.90 Å². The lowest BCUT2D eigenvalue weighted by Crippen LogP contribution is -2.39. The average Bonchev–Trinajstić information content (AvgIpc) is 3.59. The van der Waals surface area contributed by atoms with Crippen LogP contribution in [0.2, 0.25) is 5.15 Å². The van der Waals surface area contributed by atoms with Crippen LogP contribution in [0, 0.1) is 6.92 Å². The van der Waals surface area contributed by atoms with Crippen molar-refractivity contribution in [3.63, 3.8) is 0 Å². The first-order valence-corrected chi connectivity index (χ1v) is 14.8. The number of aliphatic hydroxyl groups excluding tert-OH is 1. The number of hydrogen-bond acceptors (Lipinski definition) is 7. The van der Waals surface area contributed by atoms with Crippen LogP contribution in [0.5, 0.6) is 0 Å². The van der Waals surface area contributed by atoms with Gasteiger partial charge in [-0.1, -0.05) is 17.7 Å². The molecule has 0 bridgehead atoms. The zero-order chi connectivity index (χ0) is 29.7. The first kappa shape index (κ1) is 28.4. The fourth-order valence-electron chi connectivity index (χ4n) is 6.38. The van der Waals surface area contributed by atoms with Gasteiger partial charge in [0.25, 0.3) is 5.56 Å². The predicted molar refractivity (Wildman–Crippen MR) is 167 cm³/mol. The standard InChI is InChI=1S/C31H37ClN8O2/c1-18-12-23(20(3)35-26-6-7-27(32)36-29(26)21-14-33-37(4)17-21)28-24(13-18)31(42)38(5)30-25(28)15-34-40(30)22-8-10-39(11-9-22)16-19(2)41/h6-7,12-15,17,19-20,22,35,41H,8-11,16H2,1-5H3/t19-,20?/m1/s1. The van der Waals surface area contributed by atoms with Crippen LogP contribution in [-0.2, 0) is 14.1 Å². The van der Waals surface area contributed by atoms with Crippen molar-refractivity contribution < 1.29 is 5.11 Å². The van der Waals surface area contributed by atoms with Crippen molar-refractivity contribution >= 4 is 39.1 Å². The number of aromatic nitrogens is 6. The summed E-state index contributed by atoms with van der Waals surface area (Å²) in [7, 11) is 3.71. The van der Waals surface area contributed by atoms with E-state index in [1.54, 1.807) is 21.5 Å². The number of nitrogens with one attached hydrogen (secondary N) is 1. The van der Waals surface area contributed by atoms with Gasteiger partial charge in [-0.05, 0) is 62.9 Å². The van der Waals surface area contributed by atoms with Crippen molar-refractivity contribution in [2.45, 2.75) is 51.8 Å². The summed E-state index contributed by atoms with van der Waals surface area (Å²) in [4.78, 5) is 20.7. The van der Waals surface area contributed by atoms with E-state index in [0.717, 1.165) is 70.4 Å². The number of halogens is 1. The van der Waals surface area contributed by atoms with Crippen molar-refractivity contribution in [2.24, 2.45) is 14.1 Å². The molecular formula is C31H37ClN8O2. The molecule has 5 heterocycles. The van der Waals surface area contributed by atoms with Gasteiger partial charge in [0.1, 0.15) is 10.8 Å². The molecule has 11 heteroatoms. The molecule has 0 radical (unpaired) electrons. The molecule has 10 nitrogen and oxygen atoms in total. The summed E-state index contributed by atoms with van der Waals surface area (Å²) in [5.41, 5.74) is 5.24. The molecule has 1 aromatic carbocycles. The topological polar surface area (TPSA) is 106 Å². The fourth-order valence-corrected chi connectivity index (χ4v) is 6.53. The Morgan fingerprint density at radius 1 is 1.10 bits per heavy atom. The molecule has 2 N–H and O–H groups in total. The highest BCUT2D eigenvalue weighted by atomic mass is 35.5. The monoisotopic (exact) mass is 588 g/mol. The molecule has 0 saturated carbocycles. The molecule has 42 heavy (non-hydrogen) atoms. The number of rotatable bonds is 7. The third-order valence-electron chi connectivity index (χ3n) is 8.31. The normalized spacial score (nSPS) is 16.4. The molecule has 1 aliphatic rings. The number of fused-ring (bicyclic) bond motifs is 3. The molecule has 2 atom stereocenters. The van der Waals surface area contributed by atoms with Crippen LogP contribution in [0.25, 0.3) is 33.1 Å². The van der Waals surface area contributed by atoms with Crippen LogP contribution in [0.4, 0.5) is 5.69 Å². The zero-order valence-corrected chi connectivity index (χ0v) is 25.4. The first-order chi connectivity index (χ1) is 20.1. The molecule has 0 amide bonds. The van der Waals surface area contributed by atoms with Crippen molar-refractivity contribution in [2.75, 3.05) is 25.0 Å². The smallest absolute Gasteiger partial charge is 0.259 e. The number of β-amino-alcohol motifs (C(OH)–C–C–N with tert-alkyl or cyclic N) is 1. The van der Waals surface area contributed by atoms with Gasteiger partial charge in [-0.15, -0.1) is 0 Å². The van der Waals surface area contributed by atoms with Crippen LogP contribution in [0.1, 0.15) is 49.9 Å². The molecule has 4 aromatic heterocycles. The lowest BCUT2D eigenvalue weighted by Gasteiger charge is -2.33. The van der Waals surface area contributed by atoms with Crippen LogP contribution in [0.3, 0.4) is 0 Å². The number of benzene rings is 1. The van der Waals surface area contributed by atoms with Crippen molar-refractivity contribution in [3.05, 3.63) is 69.5 Å². The summed E-state index contributed by atoms with van der Waals surface area (Å²) in [5, 5.41) is 25.6. The number of likely N-dealkylation sites (tertiary alicyclic amines) is 1. The van der Waals surface area contributed by atoms with E-state index in [1.807, 2.05) is 57.2 Å². The molecule has 220 valence electrons. The summed E-state index contributed by atoms with van der Waals surface area (Å²) in [6.07, 6.45) is 7.07. The minimum Gasteiger partial charge on any atom is -0.392 e. The van der Waals surface area contributed by atoms with Crippen LogP contribution < -0.4 is 10.9 Å². The number of aliphatic hydroxyl groups is 1. The van der Waals surface area contributed by atoms with Gasteiger partial charge in [0.2, 0.25) is 0 Å². The summed E-state index contributed by atoms with van der Waals surface area (Å²) in [5.74, 6) is 0. The molecule has 5 aromatic rings. The Bertz CT molecular complexity index is 1830. The van der Waals surface area contributed by atoms with Gasteiger partial charge < -0.3 is 15.3 Å². The Kier molecular flexibility index (Phi) is 7.55. The maximum Gasteiger partial charge on any atom is 0.259 e. The number of anilines is 1. The van der Waals surface area contributed by atoms with E-state index in [-0.39, 0.29) is 23.7 Å². The van der Waals surface area contributed by atoms with Gasteiger partial charge in [-0.3, -0.25) is 14.0 Å². The fraction of sp³-hybridized carbons (Fsp3) is 0.419. The average molecular weight is 589 g/mol. The van der Waals surface area contributed by atoms with Gasteiger partial charge in [0.15, 0.2) is 0 Å². The maximum atomic E-state index is 13.8. The van der Waals surface area contributed by atoms with E-state index in [4.69, 9.17) is 16.7 Å². The number of nitrogens with zero attached hydrogens (tertiary/aromatic N) is 7. The third kappa shape index (κ3) is 5.19. The highest BCUT2D eigenvalue weighted by Crippen LogP contribution is 2.36. The van der Waals surface area contributed by atoms with E-state index >= 15 is 0 Å². The van der Waals surface area contributed by atoms with Crippen molar-refractivity contribution in [1.29, 1.82) is 0 Å². The van der Waals surface area contributed by atoms with Gasteiger partial charge in [0, 0.05) is 67.7 Å². The maximum absolute atomic E-state index is 13.8. The molecular weight excluding hydrogens is 552 g/mol. The van der Waals surface area contributed by atoms with Crippen LogP contribution in [-0.4, -0.2) is 64.9 Å². The number of piperidine rings is 1. The molecule has 0 aliphatic carbocycles. The van der Waals surface area contributed by atoms with E-state index in [0.29, 0.717) is 17.1 Å². The Hall–Kier alpha value is -3.73. The van der Waals surface area contributed by atoms with E-state index < -0.39 is 0 Å². The second-order valence-electron chi connectivity index (χ2n) is 11.6. The largest absolute Gasteiger partial charge is 0.392 e. The second kappa shape index (κ2) is 11.2. The third-order valence-corrected chi connectivity index (χ3v) is 8.52. The Balaban J connectivity index is 1.43. The predicted octanol–water partition coefficient (Wildman–Crippen LogP) is 4.84. The molecule has 6 rings (SSSR count). The number of hydrogen-bond donors (Lipinski definition) is 2. The van der Waals surface area contributed by atoms with Gasteiger partial charge >= 0.3 is 0 Å².